The monoisotopic (exact) mass is 344 g/mol. The van der Waals surface area contributed by atoms with Crippen LogP contribution in [0.2, 0.25) is 0 Å². The van der Waals surface area contributed by atoms with Gasteiger partial charge in [0.15, 0.2) is 0 Å². The van der Waals surface area contributed by atoms with Crippen molar-refractivity contribution in [3.63, 3.8) is 0 Å². The van der Waals surface area contributed by atoms with E-state index in [1.54, 1.807) is 0 Å². The van der Waals surface area contributed by atoms with Crippen LogP contribution in [0.4, 0.5) is 0 Å². The molecule has 0 saturated heterocycles. The molecule has 0 amide bonds. The highest BCUT2D eigenvalue weighted by Gasteiger charge is 2.31. The van der Waals surface area contributed by atoms with E-state index in [1.807, 2.05) is 30.3 Å². The van der Waals surface area contributed by atoms with Crippen LogP contribution in [0.15, 0.2) is 42.5 Å². The number of fused-ring (bicyclic) bond motifs is 1. The van der Waals surface area contributed by atoms with Gasteiger partial charge in [-0.2, -0.15) is 0 Å². The fourth-order valence-electron chi connectivity index (χ4n) is 2.74. The number of phenols is 1. The normalized spacial score (nSPS) is 12.1. The highest BCUT2D eigenvalue weighted by atomic mass is 32.1. The maximum Gasteiger partial charge on any atom is 0.316 e. The molecule has 0 fully saturated rings. The van der Waals surface area contributed by atoms with Gasteiger partial charge in [0.05, 0.1) is 19.8 Å². The molecule has 3 rings (SSSR count). The van der Waals surface area contributed by atoms with Crippen LogP contribution in [0.25, 0.3) is 10.1 Å². The van der Waals surface area contributed by atoms with Crippen LogP contribution < -0.4 is 9.47 Å². The topological polar surface area (TPSA) is 76.0 Å². The van der Waals surface area contributed by atoms with Crippen molar-refractivity contribution < 1.29 is 24.5 Å². The second-order valence-corrected chi connectivity index (χ2v) is 6.34. The van der Waals surface area contributed by atoms with Crippen molar-refractivity contribution >= 4 is 27.4 Å². The fourth-order valence-corrected chi connectivity index (χ4v) is 3.91. The van der Waals surface area contributed by atoms with Crippen molar-refractivity contribution in [2.24, 2.45) is 0 Å². The van der Waals surface area contributed by atoms with Crippen LogP contribution in [0.1, 0.15) is 16.4 Å². The molecular weight excluding hydrogens is 328 g/mol. The molecule has 5 nitrogen and oxygen atoms in total. The Morgan fingerprint density at radius 3 is 2.25 bits per heavy atom. The van der Waals surface area contributed by atoms with Crippen molar-refractivity contribution in [2.45, 2.75) is 5.92 Å². The quantitative estimate of drug-likeness (QED) is 0.735. The fraction of sp³-hybridized carbons (Fsp3) is 0.167. The third kappa shape index (κ3) is 2.76. The Balaban J connectivity index is 2.24. The first-order valence-electron chi connectivity index (χ1n) is 7.21. The number of ether oxygens (including phenoxy) is 2. The maximum atomic E-state index is 12.0. The lowest BCUT2D eigenvalue weighted by Gasteiger charge is -2.18. The van der Waals surface area contributed by atoms with E-state index in [1.165, 1.54) is 37.7 Å². The molecule has 0 aliphatic carbocycles. The zero-order chi connectivity index (χ0) is 17.3. The summed E-state index contributed by atoms with van der Waals surface area (Å²) in [4.78, 5) is 12.7. The molecular formula is C18H16O5S. The van der Waals surface area contributed by atoms with Gasteiger partial charge in [0, 0.05) is 21.7 Å². The Morgan fingerprint density at radius 2 is 1.71 bits per heavy atom. The first kappa shape index (κ1) is 16.1. The number of carboxylic acid groups (broad SMARTS) is 1. The van der Waals surface area contributed by atoms with E-state index < -0.39 is 11.9 Å². The molecule has 2 aromatic carbocycles. The largest absolute Gasteiger partial charge is 0.508 e. The predicted octanol–water partition coefficient (Wildman–Crippen LogP) is 3.84. The van der Waals surface area contributed by atoms with Crippen LogP contribution in [-0.2, 0) is 4.79 Å². The smallest absolute Gasteiger partial charge is 0.316 e. The number of hydrogen-bond acceptors (Lipinski definition) is 5. The van der Waals surface area contributed by atoms with Gasteiger partial charge in [-0.25, -0.2) is 0 Å². The molecule has 1 heterocycles. The highest BCUT2D eigenvalue weighted by Crippen LogP contribution is 2.44. The van der Waals surface area contributed by atoms with Crippen LogP contribution in [0, 0.1) is 0 Å². The van der Waals surface area contributed by atoms with Gasteiger partial charge >= 0.3 is 5.97 Å². The third-order valence-electron chi connectivity index (χ3n) is 3.79. The van der Waals surface area contributed by atoms with E-state index in [4.69, 9.17) is 9.47 Å². The molecule has 0 bridgehead atoms. The standard InChI is InChI=1S/C18H16O5S/c1-22-12-8-11(19)9-13(23-2)16(12)17(18(20)21)15-7-10-5-3-4-6-14(10)24-15/h3-9,17,19H,1-2H3,(H,20,21). The summed E-state index contributed by atoms with van der Waals surface area (Å²) in [6, 6.07) is 12.4. The molecule has 1 unspecified atom stereocenters. The third-order valence-corrected chi connectivity index (χ3v) is 4.97. The minimum atomic E-state index is -1.01. The van der Waals surface area contributed by atoms with Crippen molar-refractivity contribution in [3.8, 4) is 17.2 Å². The summed E-state index contributed by atoms with van der Waals surface area (Å²) < 4.78 is 11.6. The molecule has 0 aliphatic rings. The van der Waals surface area contributed by atoms with Gasteiger partial charge in [-0.15, -0.1) is 11.3 Å². The molecule has 0 spiro atoms. The summed E-state index contributed by atoms with van der Waals surface area (Å²) in [5, 5.41) is 20.6. The van der Waals surface area contributed by atoms with Gasteiger partial charge < -0.3 is 19.7 Å². The number of carbonyl (C=O) groups is 1. The summed E-state index contributed by atoms with van der Waals surface area (Å²) in [5.74, 6) is -1.46. The second-order valence-electron chi connectivity index (χ2n) is 5.22. The summed E-state index contributed by atoms with van der Waals surface area (Å²) in [5.41, 5.74) is 0.386. The van der Waals surface area contributed by atoms with Crippen molar-refractivity contribution in [2.75, 3.05) is 14.2 Å². The minimum Gasteiger partial charge on any atom is -0.508 e. The lowest BCUT2D eigenvalue weighted by atomic mass is 9.94. The van der Waals surface area contributed by atoms with Crippen LogP contribution in [0.5, 0.6) is 17.2 Å². The molecule has 2 N–H and O–H groups in total. The SMILES string of the molecule is COc1cc(O)cc(OC)c1C(C(=O)O)c1cc2ccccc2s1. The molecule has 3 aromatic rings. The number of hydrogen-bond donors (Lipinski definition) is 2. The zero-order valence-electron chi connectivity index (χ0n) is 13.1. The molecule has 124 valence electrons. The zero-order valence-corrected chi connectivity index (χ0v) is 14.0. The minimum absolute atomic E-state index is 0.0482. The summed E-state index contributed by atoms with van der Waals surface area (Å²) in [6.07, 6.45) is 0. The Bertz CT molecular complexity index is 841. The number of carboxylic acids is 1. The van der Waals surface area contributed by atoms with E-state index in [9.17, 15) is 15.0 Å². The van der Waals surface area contributed by atoms with Gasteiger partial charge in [0.2, 0.25) is 0 Å². The number of rotatable bonds is 5. The van der Waals surface area contributed by atoms with Crippen LogP contribution in [0.3, 0.4) is 0 Å². The lowest BCUT2D eigenvalue weighted by molar-refractivity contribution is -0.137. The summed E-state index contributed by atoms with van der Waals surface area (Å²) >= 11 is 1.42. The maximum absolute atomic E-state index is 12.0. The number of aromatic hydroxyl groups is 1. The van der Waals surface area contributed by atoms with Gasteiger partial charge in [-0.1, -0.05) is 18.2 Å². The lowest BCUT2D eigenvalue weighted by Crippen LogP contribution is -2.14. The van der Waals surface area contributed by atoms with E-state index >= 15 is 0 Å². The van der Waals surface area contributed by atoms with Crippen molar-refractivity contribution in [3.05, 3.63) is 52.9 Å². The Morgan fingerprint density at radius 1 is 1.08 bits per heavy atom. The van der Waals surface area contributed by atoms with E-state index in [0.717, 1.165) is 10.1 Å². The Hall–Kier alpha value is -2.73. The molecule has 1 aromatic heterocycles. The van der Waals surface area contributed by atoms with E-state index in [2.05, 4.69) is 0 Å². The van der Waals surface area contributed by atoms with Crippen molar-refractivity contribution in [1.29, 1.82) is 0 Å². The molecule has 24 heavy (non-hydrogen) atoms. The van der Waals surface area contributed by atoms with Gasteiger partial charge in [-0.3, -0.25) is 4.79 Å². The first-order chi connectivity index (χ1) is 11.5. The number of benzene rings is 2. The number of phenolic OH excluding ortho intramolecular Hbond substituents is 1. The summed E-state index contributed by atoms with van der Waals surface area (Å²) in [6.45, 7) is 0. The molecule has 1 atom stereocenters. The first-order valence-corrected chi connectivity index (χ1v) is 8.03. The number of aliphatic carboxylic acids is 1. The van der Waals surface area contributed by atoms with Crippen molar-refractivity contribution in [1.82, 2.24) is 0 Å². The molecule has 0 aliphatic heterocycles. The average Bonchev–Trinajstić information content (AvgIpc) is 2.98. The predicted molar refractivity (Wildman–Crippen MR) is 92.5 cm³/mol. The average molecular weight is 344 g/mol. The number of methoxy groups -OCH3 is 2. The summed E-state index contributed by atoms with van der Waals surface area (Å²) in [7, 11) is 2.86. The van der Waals surface area contributed by atoms with Gasteiger partial charge in [-0.05, 0) is 17.5 Å². The van der Waals surface area contributed by atoms with Gasteiger partial charge in [0.25, 0.3) is 0 Å². The molecule has 0 saturated carbocycles. The Kier molecular flexibility index (Phi) is 4.31. The van der Waals surface area contributed by atoms with E-state index in [0.29, 0.717) is 10.4 Å². The Labute approximate surface area is 142 Å². The molecule has 0 radical (unpaired) electrons. The van der Waals surface area contributed by atoms with Crippen LogP contribution in [-0.4, -0.2) is 30.4 Å². The van der Waals surface area contributed by atoms with E-state index in [-0.39, 0.29) is 17.2 Å². The molecule has 6 heteroatoms. The highest BCUT2D eigenvalue weighted by molar-refractivity contribution is 7.19. The van der Waals surface area contributed by atoms with Crippen LogP contribution >= 0.6 is 11.3 Å². The number of thiophene rings is 1. The van der Waals surface area contributed by atoms with Gasteiger partial charge in [0.1, 0.15) is 23.2 Å². The second kappa shape index (κ2) is 6.41.